The quantitative estimate of drug-likeness (QED) is 0.534. The van der Waals surface area contributed by atoms with Crippen molar-refractivity contribution in [2.45, 2.75) is 19.3 Å². The van der Waals surface area contributed by atoms with Gasteiger partial charge in [0.25, 0.3) is 5.91 Å². The fourth-order valence-electron chi connectivity index (χ4n) is 3.75. The molecule has 1 amide bonds. The third-order valence-corrected chi connectivity index (χ3v) is 5.37. The number of carboxylic acids is 2. The molecule has 1 aromatic rings. The lowest BCUT2D eigenvalue weighted by Gasteiger charge is -2.37. The van der Waals surface area contributed by atoms with E-state index >= 15 is 0 Å². The minimum Gasteiger partial charge on any atom is -0.493 e. The number of benzene rings is 1. The van der Waals surface area contributed by atoms with Crippen molar-refractivity contribution >= 4 is 17.8 Å². The van der Waals surface area contributed by atoms with Gasteiger partial charge in [0.1, 0.15) is 0 Å². The average Bonchev–Trinajstić information content (AvgIpc) is 2.79. The summed E-state index contributed by atoms with van der Waals surface area (Å²) in [5, 5.41) is 14.8. The Labute approximate surface area is 181 Å². The summed E-state index contributed by atoms with van der Waals surface area (Å²) in [5.74, 6) is -1.74. The topological polar surface area (TPSA) is 117 Å². The van der Waals surface area contributed by atoms with Crippen molar-refractivity contribution in [2.75, 3.05) is 46.9 Å². The number of hydrogen-bond acceptors (Lipinski definition) is 6. The second-order valence-electron chi connectivity index (χ2n) is 7.39. The summed E-state index contributed by atoms with van der Waals surface area (Å²) < 4.78 is 10.7. The van der Waals surface area contributed by atoms with Crippen LogP contribution in [-0.2, 0) is 9.59 Å². The number of rotatable bonds is 5. The van der Waals surface area contributed by atoms with Crippen LogP contribution in [0.25, 0.3) is 0 Å². The molecule has 9 heteroatoms. The van der Waals surface area contributed by atoms with Crippen LogP contribution in [-0.4, -0.2) is 84.8 Å². The van der Waals surface area contributed by atoms with Gasteiger partial charge in [0.2, 0.25) is 0 Å². The van der Waals surface area contributed by atoms with Gasteiger partial charge in [-0.15, -0.1) is 0 Å². The first-order valence-corrected chi connectivity index (χ1v) is 10.2. The molecule has 170 valence electrons. The molecule has 1 fully saturated rings. The average molecular weight is 434 g/mol. The number of nitrogens with zero attached hydrogens (tertiary/aromatic N) is 2. The maximum atomic E-state index is 12.9. The molecule has 1 saturated heterocycles. The first-order chi connectivity index (χ1) is 14.9. The zero-order chi connectivity index (χ0) is 22.8. The Morgan fingerprint density at radius 1 is 1.00 bits per heavy atom. The van der Waals surface area contributed by atoms with Crippen LogP contribution in [0.15, 0.2) is 30.4 Å². The van der Waals surface area contributed by atoms with E-state index in [1.807, 2.05) is 23.1 Å². The molecule has 0 bridgehead atoms. The van der Waals surface area contributed by atoms with Crippen LogP contribution in [0, 0.1) is 5.92 Å². The highest BCUT2D eigenvalue weighted by molar-refractivity contribution is 6.27. The van der Waals surface area contributed by atoms with E-state index in [2.05, 4.69) is 17.1 Å². The molecule has 0 aromatic heterocycles. The normalized spacial score (nSPS) is 18.5. The maximum absolute atomic E-state index is 12.9. The SMILES string of the molecule is COc1cccc(C(=O)N2CCN(CC3CC=CCC3)CC2)c1OC.O=C(O)C(=O)O. The van der Waals surface area contributed by atoms with Crippen molar-refractivity contribution in [3.8, 4) is 11.5 Å². The summed E-state index contributed by atoms with van der Waals surface area (Å²) in [5.41, 5.74) is 0.577. The van der Waals surface area contributed by atoms with Crippen molar-refractivity contribution in [3.63, 3.8) is 0 Å². The lowest BCUT2D eigenvalue weighted by atomic mass is 9.94. The molecule has 2 aliphatic rings. The number of ether oxygens (including phenoxy) is 2. The Hall–Kier alpha value is -3.07. The Balaban J connectivity index is 0.000000501. The van der Waals surface area contributed by atoms with E-state index in [9.17, 15) is 4.79 Å². The van der Waals surface area contributed by atoms with Crippen LogP contribution in [0.1, 0.15) is 29.6 Å². The predicted molar refractivity (Wildman–Crippen MR) is 114 cm³/mol. The molecule has 31 heavy (non-hydrogen) atoms. The molecular formula is C22H30N2O7. The molecule has 1 aliphatic heterocycles. The maximum Gasteiger partial charge on any atom is 0.414 e. The molecule has 1 atom stereocenters. The van der Waals surface area contributed by atoms with Gasteiger partial charge in [-0.05, 0) is 37.3 Å². The fraction of sp³-hybridized carbons (Fsp3) is 0.500. The van der Waals surface area contributed by atoms with E-state index in [0.29, 0.717) is 17.1 Å². The minimum atomic E-state index is -1.82. The number of hydrogen-bond donors (Lipinski definition) is 2. The summed E-state index contributed by atoms with van der Waals surface area (Å²) >= 11 is 0. The molecular weight excluding hydrogens is 404 g/mol. The minimum absolute atomic E-state index is 0.0241. The molecule has 3 rings (SSSR count). The number of aliphatic carboxylic acids is 2. The third kappa shape index (κ3) is 6.99. The Morgan fingerprint density at radius 2 is 1.68 bits per heavy atom. The molecule has 1 aromatic carbocycles. The van der Waals surface area contributed by atoms with Crippen molar-refractivity contribution in [1.29, 1.82) is 0 Å². The lowest BCUT2D eigenvalue weighted by Crippen LogP contribution is -2.49. The standard InChI is InChI=1S/C20H28N2O3.C2H2O4/c1-24-18-10-6-9-17(19(18)25-2)20(23)22-13-11-21(12-14-22)15-16-7-4-3-5-8-16;3-1(4)2(5)6/h3-4,6,9-10,16H,5,7-8,11-15H2,1-2H3;(H,3,4)(H,5,6). The zero-order valence-electron chi connectivity index (χ0n) is 18.0. The number of para-hydroxylation sites is 1. The van der Waals surface area contributed by atoms with Crippen LogP contribution < -0.4 is 9.47 Å². The first-order valence-electron chi connectivity index (χ1n) is 10.2. The second-order valence-corrected chi connectivity index (χ2v) is 7.39. The number of methoxy groups -OCH3 is 2. The summed E-state index contributed by atoms with van der Waals surface area (Å²) in [4.78, 5) is 35.5. The van der Waals surface area contributed by atoms with E-state index in [-0.39, 0.29) is 5.91 Å². The summed E-state index contributed by atoms with van der Waals surface area (Å²) in [6.45, 7) is 4.56. The molecule has 0 saturated carbocycles. The number of amides is 1. The Bertz CT molecular complexity index is 789. The van der Waals surface area contributed by atoms with Crippen LogP contribution in [0.3, 0.4) is 0 Å². The molecule has 2 N–H and O–H groups in total. The summed E-state index contributed by atoms with van der Waals surface area (Å²) in [6.07, 6.45) is 8.28. The molecule has 1 aliphatic carbocycles. The van der Waals surface area contributed by atoms with Gasteiger partial charge in [0.15, 0.2) is 11.5 Å². The highest BCUT2D eigenvalue weighted by Crippen LogP contribution is 2.31. The highest BCUT2D eigenvalue weighted by Gasteiger charge is 2.26. The van der Waals surface area contributed by atoms with Gasteiger partial charge in [0.05, 0.1) is 19.8 Å². The summed E-state index contributed by atoms with van der Waals surface area (Å²) in [7, 11) is 3.16. The number of carbonyl (C=O) groups is 3. The van der Waals surface area contributed by atoms with Crippen molar-refractivity contribution in [2.24, 2.45) is 5.92 Å². The molecule has 1 unspecified atom stereocenters. The number of piperazine rings is 1. The van der Waals surface area contributed by atoms with Crippen LogP contribution in [0.4, 0.5) is 0 Å². The van der Waals surface area contributed by atoms with Crippen molar-refractivity contribution in [3.05, 3.63) is 35.9 Å². The van der Waals surface area contributed by atoms with E-state index in [1.54, 1.807) is 14.2 Å². The third-order valence-electron chi connectivity index (χ3n) is 5.37. The van der Waals surface area contributed by atoms with Gasteiger partial charge in [0, 0.05) is 32.7 Å². The van der Waals surface area contributed by atoms with Crippen LogP contribution in [0.5, 0.6) is 11.5 Å². The van der Waals surface area contributed by atoms with Gasteiger partial charge in [-0.1, -0.05) is 18.2 Å². The number of carboxylic acid groups (broad SMARTS) is 2. The van der Waals surface area contributed by atoms with Gasteiger partial charge < -0.3 is 24.6 Å². The predicted octanol–water partition coefficient (Wildman–Crippen LogP) is 1.97. The van der Waals surface area contributed by atoms with Crippen molar-refractivity contribution in [1.82, 2.24) is 9.80 Å². The lowest BCUT2D eigenvalue weighted by molar-refractivity contribution is -0.159. The zero-order valence-corrected chi connectivity index (χ0v) is 18.0. The largest absolute Gasteiger partial charge is 0.493 e. The highest BCUT2D eigenvalue weighted by atomic mass is 16.5. The Kier molecular flexibility index (Phi) is 9.33. The molecule has 1 heterocycles. The number of allylic oxidation sites excluding steroid dienone is 2. The van der Waals surface area contributed by atoms with E-state index in [4.69, 9.17) is 29.3 Å². The van der Waals surface area contributed by atoms with Gasteiger partial charge in [-0.2, -0.15) is 0 Å². The monoisotopic (exact) mass is 434 g/mol. The van der Waals surface area contributed by atoms with Gasteiger partial charge >= 0.3 is 11.9 Å². The van der Waals surface area contributed by atoms with Gasteiger partial charge in [-0.25, -0.2) is 9.59 Å². The fourth-order valence-corrected chi connectivity index (χ4v) is 3.75. The molecule has 0 spiro atoms. The van der Waals surface area contributed by atoms with E-state index < -0.39 is 11.9 Å². The van der Waals surface area contributed by atoms with Crippen molar-refractivity contribution < 1.29 is 34.1 Å². The summed E-state index contributed by atoms with van der Waals surface area (Å²) in [6, 6.07) is 5.46. The van der Waals surface area contributed by atoms with E-state index in [1.165, 1.54) is 19.3 Å². The Morgan fingerprint density at radius 3 is 2.19 bits per heavy atom. The molecule has 0 radical (unpaired) electrons. The number of carbonyl (C=O) groups excluding carboxylic acids is 1. The van der Waals surface area contributed by atoms with Crippen LogP contribution in [0.2, 0.25) is 0 Å². The van der Waals surface area contributed by atoms with Gasteiger partial charge in [-0.3, -0.25) is 9.69 Å². The second kappa shape index (κ2) is 11.9. The smallest absolute Gasteiger partial charge is 0.414 e. The van der Waals surface area contributed by atoms with E-state index in [0.717, 1.165) is 38.6 Å². The van der Waals surface area contributed by atoms with Crippen LogP contribution >= 0.6 is 0 Å². The molecule has 9 nitrogen and oxygen atoms in total. The first kappa shape index (κ1) is 24.2.